The summed E-state index contributed by atoms with van der Waals surface area (Å²) in [6.07, 6.45) is -0.486. The number of amides is 1. The first-order valence-electron chi connectivity index (χ1n) is 6.70. The molecule has 0 aliphatic carbocycles. The highest BCUT2D eigenvalue weighted by molar-refractivity contribution is 6.42. The van der Waals surface area contributed by atoms with E-state index in [1.54, 1.807) is 6.07 Å². The van der Waals surface area contributed by atoms with Crippen LogP contribution in [0.4, 0.5) is 4.79 Å². The molecule has 118 valence electrons. The summed E-state index contributed by atoms with van der Waals surface area (Å²) in [7, 11) is 0. The van der Waals surface area contributed by atoms with Gasteiger partial charge in [0, 0.05) is 18.5 Å². The van der Waals surface area contributed by atoms with E-state index in [4.69, 9.17) is 33.7 Å². The maximum Gasteiger partial charge on any atom is 0.407 e. The predicted molar refractivity (Wildman–Crippen MR) is 87.1 cm³/mol. The minimum Gasteiger partial charge on any atom is -0.444 e. The second kappa shape index (κ2) is 6.86. The van der Waals surface area contributed by atoms with E-state index in [2.05, 4.69) is 5.32 Å². The Labute approximate surface area is 135 Å². The Morgan fingerprint density at radius 3 is 2.43 bits per heavy atom. The van der Waals surface area contributed by atoms with Crippen LogP contribution in [0.3, 0.4) is 0 Å². The van der Waals surface area contributed by atoms with Gasteiger partial charge in [0.25, 0.3) is 0 Å². The van der Waals surface area contributed by atoms with E-state index in [9.17, 15) is 4.79 Å². The third-order valence-electron chi connectivity index (χ3n) is 3.07. The minimum absolute atomic E-state index is 0.304. The molecule has 0 aromatic heterocycles. The second-order valence-electron chi connectivity index (χ2n) is 6.22. The van der Waals surface area contributed by atoms with Crippen LogP contribution in [-0.4, -0.2) is 24.8 Å². The van der Waals surface area contributed by atoms with E-state index in [0.29, 0.717) is 23.1 Å². The minimum atomic E-state index is -0.545. The number of hydrogen-bond donors (Lipinski definition) is 2. The maximum absolute atomic E-state index is 11.8. The molecule has 0 spiro atoms. The van der Waals surface area contributed by atoms with E-state index >= 15 is 0 Å². The van der Waals surface area contributed by atoms with Crippen molar-refractivity contribution in [2.75, 3.05) is 13.1 Å². The Bertz CT molecular complexity index is 515. The van der Waals surface area contributed by atoms with Gasteiger partial charge in [0.15, 0.2) is 0 Å². The molecule has 0 saturated carbocycles. The number of alkyl carbamates (subject to hydrolysis) is 1. The first-order valence-corrected chi connectivity index (χ1v) is 7.46. The fourth-order valence-electron chi connectivity index (χ4n) is 1.83. The van der Waals surface area contributed by atoms with Crippen molar-refractivity contribution < 1.29 is 9.53 Å². The Morgan fingerprint density at radius 2 is 1.90 bits per heavy atom. The number of hydrogen-bond acceptors (Lipinski definition) is 3. The smallest absolute Gasteiger partial charge is 0.407 e. The van der Waals surface area contributed by atoms with E-state index < -0.39 is 17.1 Å². The zero-order valence-electron chi connectivity index (χ0n) is 12.8. The Morgan fingerprint density at radius 1 is 1.29 bits per heavy atom. The number of rotatable bonds is 4. The molecule has 1 atom stereocenters. The summed E-state index contributed by atoms with van der Waals surface area (Å²) in [5.41, 5.74) is 5.61. The molecule has 3 N–H and O–H groups in total. The van der Waals surface area contributed by atoms with Gasteiger partial charge in [-0.15, -0.1) is 0 Å². The molecule has 21 heavy (non-hydrogen) atoms. The van der Waals surface area contributed by atoms with E-state index in [0.717, 1.165) is 5.56 Å². The van der Waals surface area contributed by atoms with Crippen LogP contribution in [0.25, 0.3) is 0 Å². The molecular weight excluding hydrogens is 311 g/mol. The van der Waals surface area contributed by atoms with Crippen LogP contribution in [0, 0.1) is 0 Å². The normalized spacial score (nSPS) is 14.4. The summed E-state index contributed by atoms with van der Waals surface area (Å²) in [6.45, 7) is 7.96. The van der Waals surface area contributed by atoms with Gasteiger partial charge in [-0.3, -0.25) is 0 Å². The Hall–Kier alpha value is -0.970. The van der Waals surface area contributed by atoms with Crippen LogP contribution in [0.15, 0.2) is 18.2 Å². The van der Waals surface area contributed by atoms with Gasteiger partial charge in [-0.1, -0.05) is 42.3 Å². The van der Waals surface area contributed by atoms with E-state index in [1.165, 1.54) is 0 Å². The number of nitrogens with one attached hydrogen (secondary N) is 1. The van der Waals surface area contributed by atoms with Gasteiger partial charge in [0.2, 0.25) is 0 Å². The molecule has 1 aromatic rings. The van der Waals surface area contributed by atoms with Crippen LogP contribution in [0.2, 0.25) is 10.0 Å². The molecular formula is C15H22Cl2N2O2. The monoisotopic (exact) mass is 332 g/mol. The van der Waals surface area contributed by atoms with Gasteiger partial charge in [-0.2, -0.15) is 0 Å². The largest absolute Gasteiger partial charge is 0.444 e. The van der Waals surface area contributed by atoms with Gasteiger partial charge in [-0.25, -0.2) is 4.79 Å². The third kappa shape index (κ3) is 5.06. The molecule has 0 aliphatic rings. The van der Waals surface area contributed by atoms with Gasteiger partial charge in [0.1, 0.15) is 5.60 Å². The van der Waals surface area contributed by atoms with Crippen molar-refractivity contribution in [3.05, 3.63) is 33.8 Å². The molecule has 6 heteroatoms. The molecule has 0 bridgehead atoms. The highest BCUT2D eigenvalue weighted by atomic mass is 35.5. The van der Waals surface area contributed by atoms with Gasteiger partial charge < -0.3 is 15.8 Å². The second-order valence-corrected chi connectivity index (χ2v) is 7.01. The number of carbonyl (C=O) groups is 1. The summed E-state index contributed by atoms with van der Waals surface area (Å²) < 4.78 is 5.22. The van der Waals surface area contributed by atoms with Crippen molar-refractivity contribution in [2.45, 2.75) is 38.7 Å². The Balaban J connectivity index is 2.86. The zero-order valence-corrected chi connectivity index (χ0v) is 14.3. The summed E-state index contributed by atoms with van der Waals surface area (Å²) in [4.78, 5) is 11.8. The standard InChI is InChI=1S/C15H22Cl2N2O2/c1-14(2,3)21-13(20)19-9-15(4,8-18)10-6-5-7-11(16)12(10)17/h5-7H,8-9,18H2,1-4H3,(H,19,20). The fraction of sp³-hybridized carbons (Fsp3) is 0.533. The molecule has 0 heterocycles. The molecule has 0 aliphatic heterocycles. The van der Waals surface area contributed by atoms with Crippen molar-refractivity contribution in [1.29, 1.82) is 0 Å². The lowest BCUT2D eigenvalue weighted by Crippen LogP contribution is -2.45. The molecule has 0 saturated heterocycles. The first kappa shape index (κ1) is 18.1. The predicted octanol–water partition coefficient (Wildman–Crippen LogP) is 3.73. The topological polar surface area (TPSA) is 64.3 Å². The van der Waals surface area contributed by atoms with Crippen LogP contribution in [0.5, 0.6) is 0 Å². The lowest BCUT2D eigenvalue weighted by Gasteiger charge is -2.30. The van der Waals surface area contributed by atoms with Crippen molar-refractivity contribution in [2.24, 2.45) is 5.73 Å². The maximum atomic E-state index is 11.8. The summed E-state index contributed by atoms with van der Waals surface area (Å²) in [5.74, 6) is 0. The van der Waals surface area contributed by atoms with Crippen LogP contribution < -0.4 is 11.1 Å². The van der Waals surface area contributed by atoms with Crippen molar-refractivity contribution >= 4 is 29.3 Å². The molecule has 1 aromatic carbocycles. The summed E-state index contributed by atoms with van der Waals surface area (Å²) in [6, 6.07) is 5.38. The average molecular weight is 333 g/mol. The fourth-order valence-corrected chi connectivity index (χ4v) is 2.36. The molecule has 0 fully saturated rings. The molecule has 1 rings (SSSR count). The van der Waals surface area contributed by atoms with Crippen LogP contribution >= 0.6 is 23.2 Å². The SMILES string of the molecule is CC(C)(C)OC(=O)NCC(C)(CN)c1cccc(Cl)c1Cl. The van der Waals surface area contributed by atoms with E-state index in [-0.39, 0.29) is 0 Å². The number of ether oxygens (including phenoxy) is 1. The van der Waals surface area contributed by atoms with Crippen molar-refractivity contribution in [3.63, 3.8) is 0 Å². The van der Waals surface area contributed by atoms with Crippen LogP contribution in [-0.2, 0) is 10.2 Å². The average Bonchev–Trinajstić information content (AvgIpc) is 2.37. The zero-order chi connectivity index (χ0) is 16.3. The number of nitrogens with two attached hydrogens (primary N) is 1. The third-order valence-corrected chi connectivity index (χ3v) is 3.89. The molecule has 1 amide bonds. The molecule has 4 nitrogen and oxygen atoms in total. The summed E-state index contributed by atoms with van der Waals surface area (Å²) in [5, 5.41) is 3.65. The van der Waals surface area contributed by atoms with Crippen molar-refractivity contribution in [3.8, 4) is 0 Å². The van der Waals surface area contributed by atoms with Gasteiger partial charge >= 0.3 is 6.09 Å². The summed E-state index contributed by atoms with van der Waals surface area (Å²) >= 11 is 12.3. The number of carbonyl (C=O) groups excluding carboxylic acids is 1. The molecule has 0 radical (unpaired) electrons. The Kier molecular flexibility index (Phi) is 5.91. The first-order chi connectivity index (χ1) is 9.59. The van der Waals surface area contributed by atoms with E-state index in [1.807, 2.05) is 39.8 Å². The number of benzene rings is 1. The highest BCUT2D eigenvalue weighted by Crippen LogP contribution is 2.33. The lowest BCUT2D eigenvalue weighted by molar-refractivity contribution is 0.0516. The lowest BCUT2D eigenvalue weighted by atomic mass is 9.82. The number of halogens is 2. The van der Waals surface area contributed by atoms with Gasteiger partial charge in [-0.05, 0) is 32.4 Å². The molecule has 1 unspecified atom stereocenters. The highest BCUT2D eigenvalue weighted by Gasteiger charge is 2.29. The van der Waals surface area contributed by atoms with Crippen molar-refractivity contribution in [1.82, 2.24) is 5.32 Å². The van der Waals surface area contributed by atoms with Gasteiger partial charge in [0.05, 0.1) is 10.0 Å². The van der Waals surface area contributed by atoms with Crippen LogP contribution in [0.1, 0.15) is 33.3 Å². The quantitative estimate of drug-likeness (QED) is 0.882.